The number of benzene rings is 2. The lowest BCUT2D eigenvalue weighted by Crippen LogP contribution is -2.47. The number of imide groups is 1. The summed E-state index contributed by atoms with van der Waals surface area (Å²) in [5.74, 6) is -2.78. The number of nitrogens with zero attached hydrogens (tertiary/aromatic N) is 2. The molecule has 0 spiro atoms. The van der Waals surface area contributed by atoms with Crippen LogP contribution >= 0.6 is 0 Å². The zero-order valence-electron chi connectivity index (χ0n) is 25.7. The maximum atomic E-state index is 14.3. The topological polar surface area (TPSA) is 104 Å². The Morgan fingerprint density at radius 2 is 1.69 bits per heavy atom. The number of ether oxygens (including phenoxy) is 1. The van der Waals surface area contributed by atoms with E-state index in [2.05, 4.69) is 17.0 Å². The Morgan fingerprint density at radius 3 is 2.42 bits per heavy atom. The second-order valence-electron chi connectivity index (χ2n) is 12.9. The van der Waals surface area contributed by atoms with Crippen LogP contribution in [-0.4, -0.2) is 64.0 Å². The van der Waals surface area contributed by atoms with Gasteiger partial charge in [-0.1, -0.05) is 54.1 Å². The monoisotopic (exact) mass is 606 g/mol. The van der Waals surface area contributed by atoms with E-state index in [4.69, 9.17) is 4.74 Å². The molecule has 0 bridgehead atoms. The summed E-state index contributed by atoms with van der Waals surface area (Å²) in [5, 5.41) is 11.3. The summed E-state index contributed by atoms with van der Waals surface area (Å²) in [4.78, 5) is 59.3. The number of hydrogen-bond donors (Lipinski definition) is 1. The molecule has 0 saturated carbocycles. The van der Waals surface area contributed by atoms with Crippen LogP contribution in [0.1, 0.15) is 56.6 Å². The van der Waals surface area contributed by atoms with Gasteiger partial charge in [0.1, 0.15) is 0 Å². The molecule has 2 saturated heterocycles. The molecule has 0 aromatic heterocycles. The summed E-state index contributed by atoms with van der Waals surface area (Å²) < 4.78 is 5.67. The molecular weight excluding hydrogens is 568 g/mol. The molecule has 5 aliphatic rings. The molecule has 3 aliphatic carbocycles. The first-order valence-corrected chi connectivity index (χ1v) is 16.1. The van der Waals surface area contributed by atoms with Gasteiger partial charge in [0, 0.05) is 53.9 Å². The van der Waals surface area contributed by atoms with E-state index in [1.54, 1.807) is 25.1 Å². The predicted octanol–water partition coefficient (Wildman–Crippen LogP) is 4.89. The van der Waals surface area contributed by atoms with E-state index in [0.29, 0.717) is 41.1 Å². The molecule has 4 atom stereocenters. The number of ketones is 2. The Bertz CT molecular complexity index is 1680. The van der Waals surface area contributed by atoms with Crippen molar-refractivity contribution in [2.45, 2.75) is 58.0 Å². The number of Topliss-reactive ketones (excluding diaryl/α,β-unsaturated/α-hetero) is 1. The number of piperidine rings is 1. The Hall–Kier alpha value is -4.30. The predicted molar refractivity (Wildman–Crippen MR) is 167 cm³/mol. The highest BCUT2D eigenvalue weighted by molar-refractivity contribution is 6.23. The van der Waals surface area contributed by atoms with Gasteiger partial charge in [-0.25, -0.2) is 0 Å². The molecule has 2 amide bonds. The Kier molecular flexibility index (Phi) is 7.56. The molecule has 0 unspecified atom stereocenters. The molecule has 8 nitrogen and oxygen atoms in total. The molecule has 2 fully saturated rings. The largest absolute Gasteiger partial charge is 0.504 e. The van der Waals surface area contributed by atoms with Crippen molar-refractivity contribution in [3.05, 3.63) is 94.1 Å². The average Bonchev–Trinajstić information content (AvgIpc) is 3.30. The quantitative estimate of drug-likeness (QED) is 0.284. The standard InChI is InChI=1S/C37H38N2O6/c1-3-45-30-11-7-10-25(35(30)42)31-24-12-13-26-32(27(24)19-28-33(31)29(40)18-21(2)34(28)41)37(44)39(36(26)43)23-14-16-38(17-15-23)20-22-8-5-4-6-9-22/h4-12,18,23,26-27,31-32,42H,3,13-17,19-20H2,1-2H3/t26-,27+,31+,32-/m0/s1. The fourth-order valence-corrected chi connectivity index (χ4v) is 8.34. The highest BCUT2D eigenvalue weighted by Gasteiger charge is 2.57. The summed E-state index contributed by atoms with van der Waals surface area (Å²) in [5.41, 5.74) is 3.65. The van der Waals surface area contributed by atoms with Gasteiger partial charge in [-0.2, -0.15) is 0 Å². The smallest absolute Gasteiger partial charge is 0.233 e. The Morgan fingerprint density at radius 1 is 0.933 bits per heavy atom. The van der Waals surface area contributed by atoms with E-state index < -0.39 is 23.7 Å². The molecule has 45 heavy (non-hydrogen) atoms. The normalized spacial score (nSPS) is 27.2. The number of allylic oxidation sites excluding steroid dienone is 6. The maximum Gasteiger partial charge on any atom is 0.233 e. The van der Waals surface area contributed by atoms with Crippen LogP contribution in [0.5, 0.6) is 11.5 Å². The van der Waals surface area contributed by atoms with E-state index in [1.807, 2.05) is 31.2 Å². The Labute approximate surface area is 263 Å². The summed E-state index contributed by atoms with van der Waals surface area (Å²) in [6, 6.07) is 15.3. The zero-order chi connectivity index (χ0) is 31.4. The van der Waals surface area contributed by atoms with E-state index in [-0.39, 0.29) is 41.6 Å². The summed E-state index contributed by atoms with van der Waals surface area (Å²) in [7, 11) is 0. The second kappa shape index (κ2) is 11.6. The van der Waals surface area contributed by atoms with Crippen LogP contribution in [0.3, 0.4) is 0 Å². The minimum Gasteiger partial charge on any atom is -0.504 e. The van der Waals surface area contributed by atoms with Crippen molar-refractivity contribution < 1.29 is 29.0 Å². The number of para-hydroxylation sites is 1. The van der Waals surface area contributed by atoms with Crippen LogP contribution in [0.25, 0.3) is 0 Å². The van der Waals surface area contributed by atoms with E-state index in [0.717, 1.165) is 38.0 Å². The molecule has 0 radical (unpaired) electrons. The van der Waals surface area contributed by atoms with Gasteiger partial charge in [0.25, 0.3) is 0 Å². The van der Waals surface area contributed by atoms with E-state index >= 15 is 0 Å². The van der Waals surface area contributed by atoms with Gasteiger partial charge in [0.2, 0.25) is 11.8 Å². The molecule has 2 aromatic rings. The first kappa shape index (κ1) is 29.4. The minimum atomic E-state index is -0.709. The zero-order valence-corrected chi connectivity index (χ0v) is 25.7. The molecular formula is C37H38N2O6. The SMILES string of the molecule is CCOc1cccc([C@H]2C3=CC[C@@H]4C(=O)N(C5CCN(Cc6ccccc6)CC5)C(=O)[C@@H]4[C@@H]3CC3=C2C(=O)C=C(C)C3=O)c1O. The van der Waals surface area contributed by atoms with Gasteiger partial charge in [0.05, 0.1) is 18.4 Å². The van der Waals surface area contributed by atoms with Gasteiger partial charge in [-0.3, -0.25) is 29.0 Å². The van der Waals surface area contributed by atoms with Gasteiger partial charge >= 0.3 is 0 Å². The summed E-state index contributed by atoms with van der Waals surface area (Å²) in [6.45, 7) is 6.25. The fraction of sp³-hybridized carbons (Fsp3) is 0.405. The number of amides is 2. The van der Waals surface area contributed by atoms with E-state index in [9.17, 15) is 24.3 Å². The number of rotatable bonds is 6. The van der Waals surface area contributed by atoms with E-state index in [1.165, 1.54) is 16.5 Å². The first-order chi connectivity index (χ1) is 21.8. The van der Waals surface area contributed by atoms with Crippen molar-refractivity contribution in [2.75, 3.05) is 19.7 Å². The number of carbonyl (C=O) groups is 4. The van der Waals surface area contributed by atoms with Crippen LogP contribution in [0, 0.1) is 17.8 Å². The summed E-state index contributed by atoms with van der Waals surface area (Å²) in [6.07, 6.45) is 5.42. The van der Waals surface area contributed by atoms with Crippen molar-refractivity contribution in [1.82, 2.24) is 9.80 Å². The lowest BCUT2D eigenvalue weighted by Gasteiger charge is -2.42. The third kappa shape index (κ3) is 4.86. The lowest BCUT2D eigenvalue weighted by atomic mass is 9.59. The fourth-order valence-electron chi connectivity index (χ4n) is 8.34. The van der Waals surface area contributed by atoms with Crippen molar-refractivity contribution in [3.8, 4) is 11.5 Å². The van der Waals surface area contributed by atoms with Crippen LogP contribution in [0.15, 0.2) is 83.0 Å². The lowest BCUT2D eigenvalue weighted by molar-refractivity contribution is -0.144. The van der Waals surface area contributed by atoms with Crippen molar-refractivity contribution >= 4 is 23.4 Å². The van der Waals surface area contributed by atoms with Gasteiger partial charge in [-0.15, -0.1) is 0 Å². The highest BCUT2D eigenvalue weighted by atomic mass is 16.5. The third-order valence-electron chi connectivity index (χ3n) is 10.4. The number of phenolic OH excluding ortho intramolecular Hbond substituents is 1. The number of carbonyl (C=O) groups excluding carboxylic acids is 4. The molecule has 2 heterocycles. The third-order valence-corrected chi connectivity index (χ3v) is 10.4. The molecule has 8 heteroatoms. The Balaban J connectivity index is 1.20. The minimum absolute atomic E-state index is 0.0795. The molecule has 2 aliphatic heterocycles. The van der Waals surface area contributed by atoms with Crippen LogP contribution in [0.2, 0.25) is 0 Å². The number of phenols is 1. The average molecular weight is 607 g/mol. The van der Waals surface area contributed by atoms with Crippen LogP contribution in [0.4, 0.5) is 0 Å². The van der Waals surface area contributed by atoms with Crippen LogP contribution in [-0.2, 0) is 25.7 Å². The summed E-state index contributed by atoms with van der Waals surface area (Å²) >= 11 is 0. The molecule has 7 rings (SSSR count). The molecule has 1 N–H and O–H groups in total. The first-order valence-electron chi connectivity index (χ1n) is 16.1. The van der Waals surface area contributed by atoms with Gasteiger partial charge in [0.15, 0.2) is 23.1 Å². The van der Waals surface area contributed by atoms with Gasteiger partial charge in [-0.05, 0) is 63.2 Å². The van der Waals surface area contributed by atoms with Crippen molar-refractivity contribution in [2.24, 2.45) is 17.8 Å². The van der Waals surface area contributed by atoms with Crippen molar-refractivity contribution in [1.29, 1.82) is 0 Å². The number of likely N-dealkylation sites (tertiary alicyclic amines) is 2. The molecule has 2 aromatic carbocycles. The van der Waals surface area contributed by atoms with Crippen LogP contribution < -0.4 is 4.74 Å². The number of hydrogen-bond acceptors (Lipinski definition) is 7. The second-order valence-corrected chi connectivity index (χ2v) is 12.9. The van der Waals surface area contributed by atoms with Crippen molar-refractivity contribution in [3.63, 3.8) is 0 Å². The number of fused-ring (bicyclic) bond motifs is 3. The van der Waals surface area contributed by atoms with Gasteiger partial charge < -0.3 is 9.84 Å². The maximum absolute atomic E-state index is 14.3. The number of aromatic hydroxyl groups is 1. The highest BCUT2D eigenvalue weighted by Crippen LogP contribution is 2.57. The molecule has 232 valence electrons.